The van der Waals surface area contributed by atoms with Crippen LogP contribution in [0.2, 0.25) is 0 Å². The van der Waals surface area contributed by atoms with Crippen LogP contribution in [0.3, 0.4) is 0 Å². The zero-order chi connectivity index (χ0) is 13.0. The van der Waals surface area contributed by atoms with Gasteiger partial charge in [-0.25, -0.2) is 9.18 Å². The zero-order valence-corrected chi connectivity index (χ0v) is 10.8. The molecule has 92 valence electrons. The summed E-state index contributed by atoms with van der Waals surface area (Å²) >= 11 is 3.29. The maximum atomic E-state index is 13.2. The normalized spacial score (nSPS) is 13.8. The lowest BCUT2D eigenvalue weighted by Crippen LogP contribution is -2.20. The van der Waals surface area contributed by atoms with Crippen molar-refractivity contribution >= 4 is 22.1 Å². The number of hydrogen-bond donors (Lipinski definition) is 1. The summed E-state index contributed by atoms with van der Waals surface area (Å²) in [6.07, 6.45) is -0.465. The molecule has 5 heteroatoms. The first-order valence-corrected chi connectivity index (χ1v) is 5.72. The Hall–Kier alpha value is -1.36. The molecule has 0 heterocycles. The zero-order valence-electron chi connectivity index (χ0n) is 9.19. The molecular formula is C12H12BrFO3. The van der Waals surface area contributed by atoms with Gasteiger partial charge in [-0.15, -0.1) is 6.58 Å². The van der Waals surface area contributed by atoms with Crippen LogP contribution < -0.4 is 0 Å². The molecule has 0 saturated heterocycles. The van der Waals surface area contributed by atoms with Crippen LogP contribution in [0.25, 0.3) is 0 Å². The molecule has 0 spiro atoms. The van der Waals surface area contributed by atoms with Gasteiger partial charge < -0.3 is 9.84 Å². The van der Waals surface area contributed by atoms with E-state index in [2.05, 4.69) is 27.2 Å². The molecule has 1 aromatic carbocycles. The summed E-state index contributed by atoms with van der Waals surface area (Å²) in [5.74, 6) is -0.797. The van der Waals surface area contributed by atoms with Crippen LogP contribution in [0.15, 0.2) is 35.3 Å². The first-order valence-electron chi connectivity index (χ1n) is 4.92. The van der Waals surface area contributed by atoms with Gasteiger partial charge in [-0.3, -0.25) is 0 Å². The Bertz CT molecular complexity index is 434. The molecule has 2 atom stereocenters. The van der Waals surface area contributed by atoms with E-state index in [1.165, 1.54) is 18.2 Å². The standard InChI is InChI=1S/C12H12BrFO3/c1-3-9(7(2)17-12(15)16)10-6-8(14)4-5-11(10)13/h3-7,9H,1H2,2H3,(H,15,16). The number of ether oxygens (including phenoxy) is 1. The lowest BCUT2D eigenvalue weighted by Gasteiger charge is -2.21. The van der Waals surface area contributed by atoms with Crippen molar-refractivity contribution in [2.75, 3.05) is 0 Å². The third kappa shape index (κ3) is 3.56. The van der Waals surface area contributed by atoms with Crippen LogP contribution in [0.1, 0.15) is 18.4 Å². The summed E-state index contributed by atoms with van der Waals surface area (Å²) in [6, 6.07) is 4.21. The Balaban J connectivity index is 3.04. The molecular weight excluding hydrogens is 291 g/mol. The highest BCUT2D eigenvalue weighted by molar-refractivity contribution is 9.10. The Morgan fingerprint density at radius 1 is 1.65 bits per heavy atom. The maximum Gasteiger partial charge on any atom is 0.506 e. The molecule has 0 aliphatic rings. The molecule has 2 unspecified atom stereocenters. The maximum absolute atomic E-state index is 13.2. The van der Waals surface area contributed by atoms with Crippen molar-refractivity contribution in [3.05, 3.63) is 46.7 Å². The quantitative estimate of drug-likeness (QED) is 0.677. The van der Waals surface area contributed by atoms with Crippen molar-refractivity contribution in [1.82, 2.24) is 0 Å². The van der Waals surface area contributed by atoms with Crippen molar-refractivity contribution in [3.8, 4) is 0 Å². The van der Waals surface area contributed by atoms with E-state index in [-0.39, 0.29) is 0 Å². The van der Waals surface area contributed by atoms with Crippen molar-refractivity contribution < 1.29 is 19.0 Å². The van der Waals surface area contributed by atoms with E-state index < -0.39 is 24.0 Å². The Morgan fingerprint density at radius 2 is 2.29 bits per heavy atom. The second-order valence-electron chi connectivity index (χ2n) is 3.52. The smallest absolute Gasteiger partial charge is 0.450 e. The minimum Gasteiger partial charge on any atom is -0.450 e. The number of carbonyl (C=O) groups is 1. The molecule has 0 radical (unpaired) electrons. The van der Waals surface area contributed by atoms with Gasteiger partial charge in [0.25, 0.3) is 0 Å². The van der Waals surface area contributed by atoms with Crippen LogP contribution in [0, 0.1) is 5.82 Å². The molecule has 3 nitrogen and oxygen atoms in total. The number of benzene rings is 1. The van der Waals surface area contributed by atoms with Crippen molar-refractivity contribution in [1.29, 1.82) is 0 Å². The Morgan fingerprint density at radius 3 is 2.82 bits per heavy atom. The lowest BCUT2D eigenvalue weighted by molar-refractivity contribution is 0.0536. The monoisotopic (exact) mass is 302 g/mol. The van der Waals surface area contributed by atoms with E-state index in [1.807, 2.05) is 0 Å². The van der Waals surface area contributed by atoms with E-state index in [9.17, 15) is 9.18 Å². The van der Waals surface area contributed by atoms with Crippen molar-refractivity contribution in [2.45, 2.75) is 18.9 Å². The highest BCUT2D eigenvalue weighted by Gasteiger charge is 2.22. The fraction of sp³-hybridized carbons (Fsp3) is 0.250. The van der Waals surface area contributed by atoms with Crippen molar-refractivity contribution in [3.63, 3.8) is 0 Å². The second kappa shape index (κ2) is 5.82. The third-order valence-electron chi connectivity index (χ3n) is 2.36. The number of hydrogen-bond acceptors (Lipinski definition) is 2. The van der Waals surface area contributed by atoms with Gasteiger partial charge in [0.05, 0.1) is 0 Å². The fourth-order valence-corrected chi connectivity index (χ4v) is 2.08. The SMILES string of the molecule is C=CC(c1cc(F)ccc1Br)C(C)OC(=O)O. The van der Waals surface area contributed by atoms with E-state index in [1.54, 1.807) is 13.0 Å². The summed E-state index contributed by atoms with van der Waals surface area (Å²) in [4.78, 5) is 10.5. The van der Waals surface area contributed by atoms with Crippen LogP contribution >= 0.6 is 15.9 Å². The molecule has 0 aromatic heterocycles. The van der Waals surface area contributed by atoms with Gasteiger partial charge in [0.2, 0.25) is 0 Å². The average Bonchev–Trinajstić information content (AvgIpc) is 2.23. The molecule has 0 aliphatic heterocycles. The number of carboxylic acid groups (broad SMARTS) is 1. The molecule has 0 saturated carbocycles. The predicted molar refractivity (Wildman–Crippen MR) is 65.6 cm³/mol. The van der Waals surface area contributed by atoms with Crippen LogP contribution in [-0.2, 0) is 4.74 Å². The largest absolute Gasteiger partial charge is 0.506 e. The summed E-state index contributed by atoms with van der Waals surface area (Å²) in [5, 5.41) is 8.56. The summed E-state index contributed by atoms with van der Waals surface area (Å²) in [5.41, 5.74) is 0.605. The molecule has 1 rings (SSSR count). The number of rotatable bonds is 4. The molecule has 0 aliphatic carbocycles. The van der Waals surface area contributed by atoms with E-state index in [0.29, 0.717) is 10.0 Å². The van der Waals surface area contributed by atoms with Crippen LogP contribution in [-0.4, -0.2) is 17.4 Å². The summed E-state index contributed by atoms with van der Waals surface area (Å²) in [7, 11) is 0. The highest BCUT2D eigenvalue weighted by atomic mass is 79.9. The van der Waals surface area contributed by atoms with Crippen LogP contribution in [0.4, 0.5) is 9.18 Å². The van der Waals surface area contributed by atoms with Gasteiger partial charge in [-0.1, -0.05) is 22.0 Å². The topological polar surface area (TPSA) is 46.5 Å². The van der Waals surface area contributed by atoms with Gasteiger partial charge in [0.15, 0.2) is 0 Å². The van der Waals surface area contributed by atoms with Crippen molar-refractivity contribution in [2.24, 2.45) is 0 Å². The minimum absolute atomic E-state index is 0.391. The summed E-state index contributed by atoms with van der Waals surface area (Å²) in [6.45, 7) is 5.22. The fourth-order valence-electron chi connectivity index (χ4n) is 1.57. The van der Waals surface area contributed by atoms with Crippen LogP contribution in [0.5, 0.6) is 0 Å². The van der Waals surface area contributed by atoms with Gasteiger partial charge >= 0.3 is 6.16 Å². The molecule has 1 aromatic rings. The predicted octanol–water partition coefficient (Wildman–Crippen LogP) is 3.94. The van der Waals surface area contributed by atoms with Gasteiger partial charge in [-0.2, -0.15) is 0 Å². The second-order valence-corrected chi connectivity index (χ2v) is 4.37. The molecule has 17 heavy (non-hydrogen) atoms. The Kier molecular flexibility index (Phi) is 4.69. The molecule has 0 amide bonds. The highest BCUT2D eigenvalue weighted by Crippen LogP contribution is 2.30. The lowest BCUT2D eigenvalue weighted by atomic mass is 9.94. The average molecular weight is 303 g/mol. The first-order chi connectivity index (χ1) is 7.95. The van der Waals surface area contributed by atoms with E-state index in [4.69, 9.17) is 5.11 Å². The van der Waals surface area contributed by atoms with E-state index in [0.717, 1.165) is 0 Å². The third-order valence-corrected chi connectivity index (χ3v) is 3.09. The Labute approximate surface area is 107 Å². The molecule has 1 N–H and O–H groups in total. The minimum atomic E-state index is -1.36. The molecule has 0 bridgehead atoms. The van der Waals surface area contributed by atoms with Gasteiger partial charge in [0.1, 0.15) is 11.9 Å². The molecule has 0 fully saturated rings. The van der Waals surface area contributed by atoms with Gasteiger partial charge in [-0.05, 0) is 30.7 Å². The first kappa shape index (κ1) is 13.7. The van der Waals surface area contributed by atoms with E-state index >= 15 is 0 Å². The number of halogens is 2. The van der Waals surface area contributed by atoms with Gasteiger partial charge in [0, 0.05) is 10.4 Å². The summed E-state index contributed by atoms with van der Waals surface area (Å²) < 4.78 is 18.5.